The van der Waals surface area contributed by atoms with Gasteiger partial charge in [0.05, 0.1) is 26.4 Å². The van der Waals surface area contributed by atoms with E-state index in [0.717, 1.165) is 0 Å². The molecule has 4 nitrogen and oxygen atoms in total. The first-order chi connectivity index (χ1) is 7.21. The summed E-state index contributed by atoms with van der Waals surface area (Å²) in [6.45, 7) is 2.41. The Labute approximate surface area is 88.8 Å². The van der Waals surface area contributed by atoms with Crippen LogP contribution in [0.1, 0.15) is 17.3 Å². The van der Waals surface area contributed by atoms with Crippen LogP contribution in [0.15, 0.2) is 18.2 Å². The Balaban J connectivity index is 3.05. The highest BCUT2D eigenvalue weighted by Gasteiger charge is 2.09. The highest BCUT2D eigenvalue weighted by molar-refractivity contribution is 5.90. The van der Waals surface area contributed by atoms with E-state index in [1.165, 1.54) is 14.2 Å². The first-order valence-corrected chi connectivity index (χ1v) is 4.61. The van der Waals surface area contributed by atoms with E-state index in [0.29, 0.717) is 23.7 Å². The topological polar surface area (TPSA) is 44.8 Å². The monoisotopic (exact) mass is 210 g/mol. The molecule has 0 heterocycles. The summed E-state index contributed by atoms with van der Waals surface area (Å²) in [6, 6.07) is 4.95. The maximum atomic E-state index is 11.3. The van der Waals surface area contributed by atoms with Crippen LogP contribution in [0.3, 0.4) is 0 Å². The number of hydrogen-bond donors (Lipinski definition) is 0. The summed E-state index contributed by atoms with van der Waals surface area (Å²) < 4.78 is 15.0. The number of carbonyl (C=O) groups excluding carboxylic acids is 1. The van der Waals surface area contributed by atoms with Gasteiger partial charge in [0.2, 0.25) is 0 Å². The van der Waals surface area contributed by atoms with Crippen molar-refractivity contribution in [2.45, 2.75) is 6.92 Å². The van der Waals surface area contributed by atoms with E-state index in [-0.39, 0.29) is 0 Å². The molecule has 1 aromatic carbocycles. The van der Waals surface area contributed by atoms with Gasteiger partial charge >= 0.3 is 5.97 Å². The van der Waals surface area contributed by atoms with Crippen LogP contribution in [-0.2, 0) is 4.74 Å². The summed E-state index contributed by atoms with van der Waals surface area (Å²) in [6.07, 6.45) is 0. The zero-order valence-corrected chi connectivity index (χ0v) is 9.07. The molecule has 0 aliphatic carbocycles. The van der Waals surface area contributed by atoms with Gasteiger partial charge in [0.15, 0.2) is 0 Å². The SMILES string of the molecule is CCOc1cc(OC)cc(C(=O)OC)c1. The van der Waals surface area contributed by atoms with Gasteiger partial charge < -0.3 is 14.2 Å². The summed E-state index contributed by atoms with van der Waals surface area (Å²) >= 11 is 0. The first kappa shape index (κ1) is 11.4. The lowest BCUT2D eigenvalue weighted by Crippen LogP contribution is -2.03. The first-order valence-electron chi connectivity index (χ1n) is 4.61. The number of hydrogen-bond acceptors (Lipinski definition) is 4. The van der Waals surface area contributed by atoms with Crippen LogP contribution in [-0.4, -0.2) is 26.8 Å². The maximum Gasteiger partial charge on any atom is 0.338 e. The van der Waals surface area contributed by atoms with Gasteiger partial charge in [0, 0.05) is 6.07 Å². The molecule has 1 rings (SSSR count). The molecule has 0 saturated heterocycles. The molecule has 0 atom stereocenters. The van der Waals surface area contributed by atoms with E-state index >= 15 is 0 Å². The van der Waals surface area contributed by atoms with Crippen LogP contribution in [0.2, 0.25) is 0 Å². The van der Waals surface area contributed by atoms with Crippen LogP contribution in [0.5, 0.6) is 11.5 Å². The van der Waals surface area contributed by atoms with Gasteiger partial charge in [-0.15, -0.1) is 0 Å². The molecule has 0 fully saturated rings. The Morgan fingerprint density at radius 3 is 2.40 bits per heavy atom. The number of rotatable bonds is 4. The van der Waals surface area contributed by atoms with E-state index in [1.54, 1.807) is 18.2 Å². The number of ether oxygens (including phenoxy) is 3. The second kappa shape index (κ2) is 5.24. The highest BCUT2D eigenvalue weighted by Crippen LogP contribution is 2.23. The van der Waals surface area contributed by atoms with Crippen molar-refractivity contribution in [1.29, 1.82) is 0 Å². The Bertz CT molecular complexity index is 346. The van der Waals surface area contributed by atoms with Crippen molar-refractivity contribution in [3.05, 3.63) is 23.8 Å². The fourth-order valence-corrected chi connectivity index (χ4v) is 1.18. The molecule has 0 aromatic heterocycles. The van der Waals surface area contributed by atoms with Crippen LogP contribution < -0.4 is 9.47 Å². The quantitative estimate of drug-likeness (QED) is 0.712. The van der Waals surface area contributed by atoms with E-state index < -0.39 is 5.97 Å². The van der Waals surface area contributed by atoms with Gasteiger partial charge in [-0.2, -0.15) is 0 Å². The molecule has 0 bridgehead atoms. The molecule has 0 unspecified atom stereocenters. The van der Waals surface area contributed by atoms with Crippen LogP contribution >= 0.6 is 0 Å². The molecule has 0 aliphatic heterocycles. The Hall–Kier alpha value is -1.71. The Morgan fingerprint density at radius 1 is 1.20 bits per heavy atom. The van der Waals surface area contributed by atoms with Gasteiger partial charge in [0.1, 0.15) is 11.5 Å². The maximum absolute atomic E-state index is 11.3. The average Bonchev–Trinajstić information content (AvgIpc) is 2.28. The molecule has 0 saturated carbocycles. The number of carbonyl (C=O) groups is 1. The number of benzene rings is 1. The van der Waals surface area contributed by atoms with Crippen molar-refractivity contribution in [3.8, 4) is 11.5 Å². The standard InChI is InChI=1S/C11H14O4/c1-4-15-10-6-8(11(12)14-3)5-9(7-10)13-2/h5-7H,4H2,1-3H3. The fourth-order valence-electron chi connectivity index (χ4n) is 1.18. The molecular weight excluding hydrogens is 196 g/mol. The smallest absolute Gasteiger partial charge is 0.338 e. The lowest BCUT2D eigenvalue weighted by molar-refractivity contribution is 0.0600. The third-order valence-corrected chi connectivity index (χ3v) is 1.85. The molecule has 0 aliphatic rings. The molecule has 0 spiro atoms. The number of methoxy groups -OCH3 is 2. The Kier molecular flexibility index (Phi) is 3.97. The van der Waals surface area contributed by atoms with Crippen molar-refractivity contribution in [2.24, 2.45) is 0 Å². The Morgan fingerprint density at radius 2 is 1.87 bits per heavy atom. The van der Waals surface area contributed by atoms with Crippen LogP contribution in [0, 0.1) is 0 Å². The van der Waals surface area contributed by atoms with Crippen molar-refractivity contribution >= 4 is 5.97 Å². The van der Waals surface area contributed by atoms with Gasteiger partial charge in [-0.05, 0) is 19.1 Å². The summed E-state index contributed by atoms with van der Waals surface area (Å²) in [5.41, 5.74) is 0.417. The van der Waals surface area contributed by atoms with Crippen molar-refractivity contribution < 1.29 is 19.0 Å². The van der Waals surface area contributed by atoms with E-state index in [4.69, 9.17) is 9.47 Å². The third kappa shape index (κ3) is 2.87. The molecule has 0 radical (unpaired) electrons. The zero-order valence-electron chi connectivity index (χ0n) is 9.07. The summed E-state index contributed by atoms with van der Waals surface area (Å²) in [7, 11) is 2.87. The predicted molar refractivity (Wildman–Crippen MR) is 55.5 cm³/mol. The second-order valence-corrected chi connectivity index (χ2v) is 2.82. The summed E-state index contributed by atoms with van der Waals surface area (Å²) in [5.74, 6) is 0.758. The molecule has 0 N–H and O–H groups in total. The van der Waals surface area contributed by atoms with Crippen LogP contribution in [0.25, 0.3) is 0 Å². The second-order valence-electron chi connectivity index (χ2n) is 2.82. The highest BCUT2D eigenvalue weighted by atomic mass is 16.5. The minimum atomic E-state index is -0.408. The largest absolute Gasteiger partial charge is 0.497 e. The van der Waals surface area contributed by atoms with Gasteiger partial charge in [-0.3, -0.25) is 0 Å². The molecule has 1 aromatic rings. The van der Waals surface area contributed by atoms with Gasteiger partial charge in [-0.1, -0.05) is 0 Å². The van der Waals surface area contributed by atoms with E-state index in [9.17, 15) is 4.79 Å². The molecule has 4 heteroatoms. The van der Waals surface area contributed by atoms with Crippen molar-refractivity contribution in [1.82, 2.24) is 0 Å². The molecule has 82 valence electrons. The normalized spacial score (nSPS) is 9.53. The molecule has 15 heavy (non-hydrogen) atoms. The molecular formula is C11H14O4. The van der Waals surface area contributed by atoms with E-state index in [2.05, 4.69) is 4.74 Å². The summed E-state index contributed by atoms with van der Waals surface area (Å²) in [5, 5.41) is 0. The minimum absolute atomic E-state index is 0.408. The van der Waals surface area contributed by atoms with E-state index in [1.807, 2.05) is 6.92 Å². The van der Waals surface area contributed by atoms with Crippen LogP contribution in [0.4, 0.5) is 0 Å². The predicted octanol–water partition coefficient (Wildman–Crippen LogP) is 1.88. The zero-order chi connectivity index (χ0) is 11.3. The third-order valence-electron chi connectivity index (χ3n) is 1.85. The summed E-state index contributed by atoms with van der Waals surface area (Å²) in [4.78, 5) is 11.3. The van der Waals surface area contributed by atoms with Gasteiger partial charge in [0.25, 0.3) is 0 Å². The number of esters is 1. The average molecular weight is 210 g/mol. The minimum Gasteiger partial charge on any atom is -0.497 e. The van der Waals surface area contributed by atoms with Crippen molar-refractivity contribution in [2.75, 3.05) is 20.8 Å². The lowest BCUT2D eigenvalue weighted by Gasteiger charge is -2.08. The molecule has 0 amide bonds. The van der Waals surface area contributed by atoms with Gasteiger partial charge in [-0.25, -0.2) is 4.79 Å². The van der Waals surface area contributed by atoms with Crippen molar-refractivity contribution in [3.63, 3.8) is 0 Å². The fraction of sp³-hybridized carbons (Fsp3) is 0.364. The lowest BCUT2D eigenvalue weighted by atomic mass is 10.2.